The maximum absolute atomic E-state index is 12.6. The number of carbonyl (C=O) groups excluding carboxylic acids is 2. The number of guanidine groups is 1. The number of likely N-dealkylation sites (tertiary alicyclic amines) is 1. The fourth-order valence-corrected chi connectivity index (χ4v) is 4.21. The van der Waals surface area contributed by atoms with E-state index >= 15 is 0 Å². The number of nitrogens with one attached hydrogen (secondary N) is 1. The summed E-state index contributed by atoms with van der Waals surface area (Å²) >= 11 is 0. The highest BCUT2D eigenvalue weighted by atomic mass is 16.2. The number of nitrogens with two attached hydrogens (primary N) is 1. The topological polar surface area (TPSA) is 91.0 Å². The smallest absolute Gasteiger partial charge is 0.227 e. The molecule has 0 spiro atoms. The van der Waals surface area contributed by atoms with Crippen molar-refractivity contribution in [3.63, 3.8) is 0 Å². The third kappa shape index (κ3) is 5.03. The monoisotopic (exact) mass is 385 g/mol. The standard InChI is InChI=1S/C21H31N5O2/c1-23-21(25-12-5-6-16(15-25)14-19(22)27)24-11-4-9-20(28)26-13-10-17-7-2-3-8-18(17)26/h2-3,7-8,16H,4-6,9-15H2,1H3,(H2,22,27)(H,23,24). The lowest BCUT2D eigenvalue weighted by Gasteiger charge is -2.34. The summed E-state index contributed by atoms with van der Waals surface area (Å²) in [6.07, 6.45) is 4.71. The molecular formula is C21H31N5O2. The lowest BCUT2D eigenvalue weighted by atomic mass is 9.95. The predicted octanol–water partition coefficient (Wildman–Crippen LogP) is 1.52. The van der Waals surface area contributed by atoms with Crippen LogP contribution in [0.2, 0.25) is 0 Å². The summed E-state index contributed by atoms with van der Waals surface area (Å²) in [7, 11) is 1.77. The zero-order valence-electron chi connectivity index (χ0n) is 16.7. The molecule has 28 heavy (non-hydrogen) atoms. The van der Waals surface area contributed by atoms with Crippen LogP contribution in [0, 0.1) is 5.92 Å². The van der Waals surface area contributed by atoms with E-state index in [1.165, 1.54) is 5.56 Å². The fourth-order valence-electron chi connectivity index (χ4n) is 4.21. The average molecular weight is 386 g/mol. The number of benzene rings is 1. The predicted molar refractivity (Wildman–Crippen MR) is 111 cm³/mol. The molecule has 152 valence electrons. The van der Waals surface area contributed by atoms with Gasteiger partial charge >= 0.3 is 0 Å². The van der Waals surface area contributed by atoms with Crippen LogP contribution in [0.5, 0.6) is 0 Å². The van der Waals surface area contributed by atoms with Gasteiger partial charge in [0.05, 0.1) is 0 Å². The zero-order chi connectivity index (χ0) is 19.9. The van der Waals surface area contributed by atoms with Crippen molar-refractivity contribution < 1.29 is 9.59 Å². The van der Waals surface area contributed by atoms with Crippen molar-refractivity contribution in [3.8, 4) is 0 Å². The first-order chi connectivity index (χ1) is 13.6. The number of amides is 2. The molecule has 0 aliphatic carbocycles. The maximum Gasteiger partial charge on any atom is 0.227 e. The summed E-state index contributed by atoms with van der Waals surface area (Å²) < 4.78 is 0. The third-order valence-electron chi connectivity index (χ3n) is 5.56. The first-order valence-corrected chi connectivity index (χ1v) is 10.2. The molecule has 1 aromatic rings. The van der Waals surface area contributed by atoms with Crippen LogP contribution < -0.4 is 16.0 Å². The second-order valence-electron chi connectivity index (χ2n) is 7.63. The van der Waals surface area contributed by atoms with Crippen molar-refractivity contribution in [1.29, 1.82) is 0 Å². The van der Waals surface area contributed by atoms with Gasteiger partial charge in [-0.15, -0.1) is 0 Å². The Hall–Kier alpha value is -2.57. The van der Waals surface area contributed by atoms with Gasteiger partial charge < -0.3 is 20.9 Å². The molecule has 1 fully saturated rings. The van der Waals surface area contributed by atoms with E-state index in [0.717, 1.165) is 57.0 Å². The van der Waals surface area contributed by atoms with Crippen LogP contribution in [-0.2, 0) is 16.0 Å². The summed E-state index contributed by atoms with van der Waals surface area (Å²) in [5.41, 5.74) is 7.66. The van der Waals surface area contributed by atoms with E-state index in [4.69, 9.17) is 5.73 Å². The van der Waals surface area contributed by atoms with Crippen LogP contribution in [-0.4, -0.2) is 55.9 Å². The van der Waals surface area contributed by atoms with E-state index in [9.17, 15) is 9.59 Å². The Bertz CT molecular complexity index is 733. The largest absolute Gasteiger partial charge is 0.370 e. The number of anilines is 1. The van der Waals surface area contributed by atoms with E-state index in [-0.39, 0.29) is 11.8 Å². The normalized spacial score (nSPS) is 19.5. The number of rotatable bonds is 6. The van der Waals surface area contributed by atoms with Gasteiger partial charge in [0, 0.05) is 51.8 Å². The number of carbonyl (C=O) groups is 2. The first-order valence-electron chi connectivity index (χ1n) is 10.2. The molecule has 1 saturated heterocycles. The minimum atomic E-state index is -0.239. The molecule has 1 atom stereocenters. The number of primary amides is 1. The zero-order valence-corrected chi connectivity index (χ0v) is 16.7. The van der Waals surface area contributed by atoms with Crippen molar-refractivity contribution in [2.24, 2.45) is 16.6 Å². The second kappa shape index (κ2) is 9.57. The highest BCUT2D eigenvalue weighted by Crippen LogP contribution is 2.28. The molecule has 7 nitrogen and oxygen atoms in total. The maximum atomic E-state index is 12.6. The number of piperidine rings is 1. The van der Waals surface area contributed by atoms with Crippen molar-refractivity contribution in [1.82, 2.24) is 10.2 Å². The SMILES string of the molecule is CN=C(NCCCC(=O)N1CCc2ccccc21)N1CCCC(CC(N)=O)C1. The molecule has 2 amide bonds. The van der Waals surface area contributed by atoms with E-state index in [0.29, 0.717) is 25.3 Å². The van der Waals surface area contributed by atoms with Crippen molar-refractivity contribution >= 4 is 23.5 Å². The van der Waals surface area contributed by atoms with Gasteiger partial charge in [0.1, 0.15) is 0 Å². The number of fused-ring (bicyclic) bond motifs is 1. The number of aliphatic imine (C=N–C) groups is 1. The van der Waals surface area contributed by atoms with Gasteiger partial charge in [-0.1, -0.05) is 18.2 Å². The molecule has 3 rings (SSSR count). The number of para-hydroxylation sites is 1. The Kier molecular flexibility index (Phi) is 6.90. The second-order valence-corrected chi connectivity index (χ2v) is 7.63. The third-order valence-corrected chi connectivity index (χ3v) is 5.56. The first kappa shape index (κ1) is 20.2. The Balaban J connectivity index is 1.43. The van der Waals surface area contributed by atoms with Crippen molar-refractivity contribution in [2.45, 2.75) is 38.5 Å². The van der Waals surface area contributed by atoms with E-state index in [2.05, 4.69) is 21.3 Å². The van der Waals surface area contributed by atoms with Gasteiger partial charge in [-0.05, 0) is 43.2 Å². The molecule has 0 aromatic heterocycles. The van der Waals surface area contributed by atoms with Gasteiger partial charge in [0.15, 0.2) is 5.96 Å². The Labute approximate surface area is 167 Å². The summed E-state index contributed by atoms with van der Waals surface area (Å²) in [5.74, 6) is 1.08. The van der Waals surface area contributed by atoms with E-state index < -0.39 is 0 Å². The van der Waals surface area contributed by atoms with Gasteiger partial charge in [0.25, 0.3) is 0 Å². The highest BCUT2D eigenvalue weighted by molar-refractivity contribution is 5.95. The van der Waals surface area contributed by atoms with E-state index in [1.54, 1.807) is 7.05 Å². The van der Waals surface area contributed by atoms with Gasteiger partial charge in [-0.3, -0.25) is 14.6 Å². The summed E-state index contributed by atoms with van der Waals surface area (Å²) in [4.78, 5) is 32.2. The molecule has 1 unspecified atom stereocenters. The number of nitrogens with zero attached hydrogens (tertiary/aromatic N) is 3. The van der Waals surface area contributed by atoms with Crippen molar-refractivity contribution in [2.75, 3.05) is 38.1 Å². The van der Waals surface area contributed by atoms with E-state index in [1.807, 2.05) is 23.1 Å². The fraction of sp³-hybridized carbons (Fsp3) is 0.571. The Morgan fingerprint density at radius 2 is 2.11 bits per heavy atom. The number of hydrogen-bond acceptors (Lipinski definition) is 3. The molecule has 2 aliphatic heterocycles. The lowest BCUT2D eigenvalue weighted by Crippen LogP contribution is -2.47. The number of hydrogen-bond donors (Lipinski definition) is 2. The molecule has 0 bridgehead atoms. The minimum absolute atomic E-state index is 0.182. The molecular weight excluding hydrogens is 354 g/mol. The summed E-state index contributed by atoms with van der Waals surface area (Å²) in [6, 6.07) is 8.13. The Morgan fingerprint density at radius 1 is 1.29 bits per heavy atom. The molecule has 0 saturated carbocycles. The molecule has 2 aliphatic rings. The van der Waals surface area contributed by atoms with Crippen molar-refractivity contribution in [3.05, 3.63) is 29.8 Å². The van der Waals surface area contributed by atoms with Gasteiger partial charge in [-0.2, -0.15) is 0 Å². The van der Waals surface area contributed by atoms with Gasteiger partial charge in [0.2, 0.25) is 11.8 Å². The Morgan fingerprint density at radius 3 is 2.89 bits per heavy atom. The molecule has 1 aromatic carbocycles. The summed E-state index contributed by atoms with van der Waals surface area (Å²) in [6.45, 7) is 3.21. The average Bonchev–Trinajstić information content (AvgIpc) is 3.12. The molecule has 3 N–H and O–H groups in total. The van der Waals surface area contributed by atoms with Crippen LogP contribution in [0.3, 0.4) is 0 Å². The summed E-state index contributed by atoms with van der Waals surface area (Å²) in [5, 5.41) is 3.37. The van der Waals surface area contributed by atoms with Crippen LogP contribution in [0.25, 0.3) is 0 Å². The van der Waals surface area contributed by atoms with Crippen LogP contribution in [0.15, 0.2) is 29.3 Å². The quantitative estimate of drug-likeness (QED) is 0.441. The van der Waals surface area contributed by atoms with Gasteiger partial charge in [-0.25, -0.2) is 0 Å². The van der Waals surface area contributed by atoms with Crippen LogP contribution >= 0.6 is 0 Å². The highest BCUT2D eigenvalue weighted by Gasteiger charge is 2.25. The lowest BCUT2D eigenvalue weighted by molar-refractivity contribution is -0.119. The molecule has 7 heteroatoms. The van der Waals surface area contributed by atoms with Crippen LogP contribution in [0.1, 0.15) is 37.7 Å². The molecule has 2 heterocycles. The minimum Gasteiger partial charge on any atom is -0.370 e. The van der Waals surface area contributed by atoms with Crippen LogP contribution in [0.4, 0.5) is 5.69 Å². The molecule has 0 radical (unpaired) electrons.